The molecule has 0 unspecified atom stereocenters. The summed E-state index contributed by atoms with van der Waals surface area (Å²) in [6.45, 7) is 4.13. The van der Waals surface area contributed by atoms with Crippen molar-refractivity contribution in [1.82, 2.24) is 4.90 Å². The Morgan fingerprint density at radius 3 is 2.71 bits per heavy atom. The first-order valence-corrected chi connectivity index (χ1v) is 5.63. The minimum absolute atomic E-state index is 0.0673. The monoisotopic (exact) mass is 215 g/mol. The van der Waals surface area contributed by atoms with E-state index in [1.54, 1.807) is 11.8 Å². The van der Waals surface area contributed by atoms with Gasteiger partial charge in [0.05, 0.1) is 6.04 Å². The molecule has 0 aliphatic carbocycles. The van der Waals surface area contributed by atoms with Crippen LogP contribution in [-0.2, 0) is 9.59 Å². The van der Waals surface area contributed by atoms with E-state index in [9.17, 15) is 9.59 Å². The lowest BCUT2D eigenvalue weighted by Gasteiger charge is -2.25. The number of rotatable bonds is 3. The summed E-state index contributed by atoms with van der Waals surface area (Å²) in [4.78, 5) is 24.8. The normalized spacial score (nSPS) is 23.6. The molecule has 1 aliphatic rings. The van der Waals surface area contributed by atoms with Crippen molar-refractivity contribution in [2.24, 2.45) is 5.92 Å². The van der Waals surface area contributed by atoms with Crippen molar-refractivity contribution >= 4 is 24.3 Å². The Kier molecular flexibility index (Phi) is 3.98. The second-order valence-electron chi connectivity index (χ2n) is 3.88. The van der Waals surface area contributed by atoms with E-state index < -0.39 is 0 Å². The number of Topliss-reactive ketones (excluding diaryl/α,β-unsaturated/α-hetero) is 1. The number of carbonyl (C=O) groups excluding carboxylic acids is 2. The summed E-state index contributed by atoms with van der Waals surface area (Å²) in [5.74, 6) is 0.623. The Balaban J connectivity index is 2.67. The first-order valence-electron chi connectivity index (χ1n) is 4.99. The molecule has 1 saturated heterocycles. The van der Waals surface area contributed by atoms with Crippen molar-refractivity contribution in [3.8, 4) is 0 Å². The number of nitrogens with zero attached hydrogens (tertiary/aromatic N) is 1. The summed E-state index contributed by atoms with van der Waals surface area (Å²) in [5, 5.41) is 0. The van der Waals surface area contributed by atoms with Gasteiger partial charge < -0.3 is 4.90 Å². The zero-order chi connectivity index (χ0) is 10.7. The predicted molar refractivity (Wildman–Crippen MR) is 58.4 cm³/mol. The lowest BCUT2D eigenvalue weighted by molar-refractivity contribution is -0.139. The molecular weight excluding hydrogens is 198 g/mol. The highest BCUT2D eigenvalue weighted by Crippen LogP contribution is 2.20. The van der Waals surface area contributed by atoms with Crippen LogP contribution < -0.4 is 0 Å². The fraction of sp³-hybridized carbons (Fsp3) is 0.800. The number of carbonyl (C=O) groups is 2. The minimum Gasteiger partial charge on any atom is -0.332 e. The molecule has 2 atom stereocenters. The van der Waals surface area contributed by atoms with Gasteiger partial charge >= 0.3 is 0 Å². The van der Waals surface area contributed by atoms with E-state index in [-0.39, 0.29) is 23.7 Å². The van der Waals surface area contributed by atoms with Crippen molar-refractivity contribution < 1.29 is 9.59 Å². The van der Waals surface area contributed by atoms with Crippen LogP contribution in [0.4, 0.5) is 0 Å². The molecule has 0 N–H and O–H groups in total. The van der Waals surface area contributed by atoms with Crippen LogP contribution in [0.15, 0.2) is 0 Å². The number of hydrogen-bond acceptors (Lipinski definition) is 3. The topological polar surface area (TPSA) is 37.4 Å². The van der Waals surface area contributed by atoms with Gasteiger partial charge in [0, 0.05) is 18.2 Å². The minimum atomic E-state index is -0.176. The molecule has 0 aromatic rings. The standard InChI is InChI=1S/C10H17NO2S/c1-7(6-14)10(13)11-5-3-4-9(11)8(2)12/h7,9,14H,3-6H2,1-2H3/t7-,9-/m1/s1. The van der Waals surface area contributed by atoms with Gasteiger partial charge in [-0.25, -0.2) is 0 Å². The predicted octanol–water partition coefficient (Wildman–Crippen LogP) is 1.13. The summed E-state index contributed by atoms with van der Waals surface area (Å²) < 4.78 is 0. The van der Waals surface area contributed by atoms with Gasteiger partial charge in [-0.1, -0.05) is 6.92 Å². The van der Waals surface area contributed by atoms with Crippen molar-refractivity contribution in [2.45, 2.75) is 32.7 Å². The Bertz CT molecular complexity index is 242. The molecule has 0 spiro atoms. The van der Waals surface area contributed by atoms with Crippen molar-refractivity contribution in [3.63, 3.8) is 0 Å². The molecule has 0 radical (unpaired) electrons. The Morgan fingerprint density at radius 2 is 2.21 bits per heavy atom. The maximum atomic E-state index is 11.8. The lowest BCUT2D eigenvalue weighted by Crippen LogP contribution is -2.42. The first kappa shape index (κ1) is 11.6. The molecule has 80 valence electrons. The molecule has 1 aliphatic heterocycles. The third-order valence-corrected chi connectivity index (χ3v) is 3.25. The maximum absolute atomic E-state index is 11.8. The van der Waals surface area contributed by atoms with Crippen LogP contribution in [-0.4, -0.2) is 34.9 Å². The fourth-order valence-electron chi connectivity index (χ4n) is 1.81. The Morgan fingerprint density at radius 1 is 1.57 bits per heavy atom. The average molecular weight is 215 g/mol. The van der Waals surface area contributed by atoms with Crippen LogP contribution in [0.2, 0.25) is 0 Å². The largest absolute Gasteiger partial charge is 0.332 e. The highest BCUT2D eigenvalue weighted by atomic mass is 32.1. The number of likely N-dealkylation sites (tertiary alicyclic amines) is 1. The van der Waals surface area contributed by atoms with Crippen molar-refractivity contribution in [2.75, 3.05) is 12.3 Å². The number of ketones is 1. The van der Waals surface area contributed by atoms with Crippen molar-refractivity contribution in [1.29, 1.82) is 0 Å². The second-order valence-corrected chi connectivity index (χ2v) is 4.25. The molecule has 14 heavy (non-hydrogen) atoms. The van der Waals surface area contributed by atoms with Crippen molar-refractivity contribution in [3.05, 3.63) is 0 Å². The van der Waals surface area contributed by atoms with Gasteiger partial charge in [-0.05, 0) is 19.8 Å². The Labute approximate surface area is 90.3 Å². The van der Waals surface area contributed by atoms with E-state index in [0.29, 0.717) is 5.75 Å². The van der Waals surface area contributed by atoms with E-state index >= 15 is 0 Å². The van der Waals surface area contributed by atoms with E-state index in [4.69, 9.17) is 0 Å². The van der Waals surface area contributed by atoms with Gasteiger partial charge in [-0.2, -0.15) is 12.6 Å². The summed E-state index contributed by atoms with van der Waals surface area (Å²) in [6, 6.07) is -0.176. The summed E-state index contributed by atoms with van der Waals surface area (Å²) >= 11 is 4.10. The van der Waals surface area contributed by atoms with Gasteiger partial charge in [0.1, 0.15) is 0 Å². The van der Waals surface area contributed by atoms with Crippen LogP contribution in [0.1, 0.15) is 26.7 Å². The summed E-state index contributed by atoms with van der Waals surface area (Å²) in [6.07, 6.45) is 1.76. The van der Waals surface area contributed by atoms with Gasteiger partial charge in [0.2, 0.25) is 5.91 Å². The number of thiol groups is 1. The molecule has 0 aromatic carbocycles. The quantitative estimate of drug-likeness (QED) is 0.717. The highest BCUT2D eigenvalue weighted by Gasteiger charge is 2.33. The molecule has 0 aromatic heterocycles. The third kappa shape index (κ3) is 2.29. The van der Waals surface area contributed by atoms with Crippen LogP contribution in [0, 0.1) is 5.92 Å². The zero-order valence-electron chi connectivity index (χ0n) is 8.69. The van der Waals surface area contributed by atoms with Crippen LogP contribution >= 0.6 is 12.6 Å². The number of hydrogen-bond donors (Lipinski definition) is 1. The fourth-order valence-corrected chi connectivity index (χ4v) is 1.97. The molecule has 1 amide bonds. The van der Waals surface area contributed by atoms with E-state index in [0.717, 1.165) is 19.4 Å². The molecule has 1 rings (SSSR count). The average Bonchev–Trinajstić information content (AvgIpc) is 2.63. The highest BCUT2D eigenvalue weighted by molar-refractivity contribution is 7.80. The van der Waals surface area contributed by atoms with Gasteiger partial charge in [0.15, 0.2) is 5.78 Å². The third-order valence-electron chi connectivity index (χ3n) is 2.70. The molecule has 3 nitrogen and oxygen atoms in total. The molecule has 0 saturated carbocycles. The lowest BCUT2D eigenvalue weighted by atomic mass is 10.1. The van der Waals surface area contributed by atoms with Crippen LogP contribution in [0.3, 0.4) is 0 Å². The Hall–Kier alpha value is -0.510. The number of amides is 1. The second kappa shape index (κ2) is 4.82. The van der Waals surface area contributed by atoms with Gasteiger partial charge in [-0.15, -0.1) is 0 Å². The van der Waals surface area contributed by atoms with E-state index in [2.05, 4.69) is 12.6 Å². The van der Waals surface area contributed by atoms with Gasteiger partial charge in [-0.3, -0.25) is 9.59 Å². The van der Waals surface area contributed by atoms with Gasteiger partial charge in [0.25, 0.3) is 0 Å². The van der Waals surface area contributed by atoms with Crippen LogP contribution in [0.5, 0.6) is 0 Å². The summed E-state index contributed by atoms with van der Waals surface area (Å²) in [5.41, 5.74) is 0. The first-order chi connectivity index (χ1) is 6.57. The zero-order valence-corrected chi connectivity index (χ0v) is 9.59. The molecular formula is C10H17NO2S. The van der Waals surface area contributed by atoms with Crippen LogP contribution in [0.25, 0.3) is 0 Å². The molecule has 1 fully saturated rings. The SMILES string of the molecule is CC(=O)[C@H]1CCCN1C(=O)[C@H](C)CS. The molecule has 0 bridgehead atoms. The smallest absolute Gasteiger partial charge is 0.226 e. The van der Waals surface area contributed by atoms with E-state index in [1.165, 1.54) is 0 Å². The maximum Gasteiger partial charge on any atom is 0.226 e. The summed E-state index contributed by atoms with van der Waals surface area (Å²) in [7, 11) is 0. The molecule has 1 heterocycles. The van der Waals surface area contributed by atoms with E-state index in [1.807, 2.05) is 6.92 Å². The molecule has 4 heteroatoms.